The van der Waals surface area contributed by atoms with Crippen LogP contribution < -0.4 is 20.4 Å². The number of halogens is 6. The van der Waals surface area contributed by atoms with E-state index >= 15 is 0 Å². The first-order valence-corrected chi connectivity index (χ1v) is 7.84. The third kappa shape index (κ3) is 7.27. The number of alkyl halides is 6. The zero-order valence-electron chi connectivity index (χ0n) is 11.3. The van der Waals surface area contributed by atoms with E-state index in [9.17, 15) is 4.79 Å². The zero-order valence-corrected chi connectivity index (χ0v) is 15.9. The van der Waals surface area contributed by atoms with E-state index in [0.717, 1.165) is 9.80 Å². The van der Waals surface area contributed by atoms with Crippen LogP contribution in [-0.2, 0) is 0 Å². The quantitative estimate of drug-likeness (QED) is 0.382. The SMILES string of the molecule is C[NH+](C)[C@@H](NC(=O)N[C@@H]([NH+](C)C)C(Cl)(Cl)Cl)C(Cl)(Cl)Cl. The largest absolute Gasteiger partial charge is 0.324 e. The summed E-state index contributed by atoms with van der Waals surface area (Å²) in [6.07, 6.45) is -1.53. The Morgan fingerprint density at radius 1 is 0.800 bits per heavy atom. The summed E-state index contributed by atoms with van der Waals surface area (Å²) in [4.78, 5) is 13.4. The van der Waals surface area contributed by atoms with Gasteiger partial charge in [0.2, 0.25) is 12.3 Å². The van der Waals surface area contributed by atoms with E-state index in [1.54, 1.807) is 28.2 Å². The van der Waals surface area contributed by atoms with Crippen LogP contribution >= 0.6 is 69.6 Å². The standard InChI is InChI=1S/C9H16Cl6N4O/c1-18(2)5(8(10,11)12)16-7(20)17-6(19(3)4)9(13,14)15/h5-6H,1-4H3,(H2,16,17,20)/p+2/t5-,6+. The van der Waals surface area contributed by atoms with E-state index in [-0.39, 0.29) is 0 Å². The molecule has 4 N–H and O–H groups in total. The van der Waals surface area contributed by atoms with Crippen LogP contribution in [0.1, 0.15) is 0 Å². The van der Waals surface area contributed by atoms with Gasteiger partial charge < -0.3 is 9.80 Å². The van der Waals surface area contributed by atoms with Crippen molar-refractivity contribution < 1.29 is 14.6 Å². The molecule has 0 saturated heterocycles. The molecule has 20 heavy (non-hydrogen) atoms. The second-order valence-corrected chi connectivity index (χ2v) is 9.46. The molecule has 120 valence electrons. The predicted octanol–water partition coefficient (Wildman–Crippen LogP) is -0.0328. The second-order valence-electron chi connectivity index (χ2n) is 4.72. The summed E-state index contributed by atoms with van der Waals surface area (Å²) in [5, 5.41) is 5.08. The highest BCUT2D eigenvalue weighted by Gasteiger charge is 2.42. The molecule has 5 nitrogen and oxygen atoms in total. The Morgan fingerprint density at radius 2 is 1.05 bits per heavy atom. The average molecular weight is 411 g/mol. The Labute approximate surface area is 148 Å². The number of carbonyl (C=O) groups is 1. The molecule has 0 aliphatic carbocycles. The van der Waals surface area contributed by atoms with E-state index in [1.807, 2.05) is 0 Å². The van der Waals surface area contributed by atoms with Crippen molar-refractivity contribution in [1.29, 1.82) is 0 Å². The lowest BCUT2D eigenvalue weighted by Gasteiger charge is -2.31. The average Bonchev–Trinajstić information content (AvgIpc) is 2.18. The van der Waals surface area contributed by atoms with Crippen molar-refractivity contribution in [1.82, 2.24) is 10.6 Å². The number of nitrogens with one attached hydrogen (secondary N) is 4. The molecule has 0 aromatic rings. The summed E-state index contributed by atoms with van der Waals surface area (Å²) in [5.41, 5.74) is 0. The summed E-state index contributed by atoms with van der Waals surface area (Å²) in [6.45, 7) is 0. The summed E-state index contributed by atoms with van der Waals surface area (Å²) < 4.78 is -3.34. The lowest BCUT2D eigenvalue weighted by molar-refractivity contribution is -0.889. The van der Waals surface area contributed by atoms with Crippen LogP contribution in [0.4, 0.5) is 4.79 Å². The number of quaternary nitrogens is 2. The second kappa shape index (κ2) is 7.97. The minimum atomic E-state index is -1.67. The topological polar surface area (TPSA) is 50.0 Å². The molecular formula is C9H18Cl6N4O+2. The highest BCUT2D eigenvalue weighted by molar-refractivity contribution is 6.68. The van der Waals surface area contributed by atoms with Gasteiger partial charge in [0.15, 0.2) is 0 Å². The molecule has 2 atom stereocenters. The van der Waals surface area contributed by atoms with Gasteiger partial charge in [-0.25, -0.2) is 4.79 Å². The summed E-state index contributed by atoms with van der Waals surface area (Å²) >= 11 is 34.9. The molecule has 0 aliphatic heterocycles. The normalized spacial score (nSPS) is 16.2. The molecular weight excluding hydrogens is 393 g/mol. The van der Waals surface area contributed by atoms with Crippen LogP contribution in [-0.4, -0.2) is 54.1 Å². The van der Waals surface area contributed by atoms with Gasteiger partial charge >= 0.3 is 6.03 Å². The van der Waals surface area contributed by atoms with Crippen LogP contribution in [0.2, 0.25) is 0 Å². The smallest absolute Gasteiger partial charge is 0.317 e. The minimum Gasteiger partial charge on any atom is -0.317 e. The van der Waals surface area contributed by atoms with Crippen molar-refractivity contribution in [3.05, 3.63) is 0 Å². The van der Waals surface area contributed by atoms with Crippen molar-refractivity contribution in [3.63, 3.8) is 0 Å². The maximum Gasteiger partial charge on any atom is 0.324 e. The van der Waals surface area contributed by atoms with E-state index in [4.69, 9.17) is 69.6 Å². The molecule has 0 fully saturated rings. The lowest BCUT2D eigenvalue weighted by atomic mass is 10.4. The first kappa shape index (κ1) is 20.9. The Balaban J connectivity index is 4.84. The van der Waals surface area contributed by atoms with Crippen molar-refractivity contribution >= 4 is 75.6 Å². The van der Waals surface area contributed by atoms with Gasteiger partial charge in [0, 0.05) is 0 Å². The highest BCUT2D eigenvalue weighted by atomic mass is 35.6. The molecule has 0 unspecified atom stereocenters. The van der Waals surface area contributed by atoms with Gasteiger partial charge in [0.25, 0.3) is 7.59 Å². The highest BCUT2D eigenvalue weighted by Crippen LogP contribution is 2.28. The van der Waals surface area contributed by atoms with E-state index in [1.165, 1.54) is 0 Å². The molecule has 0 saturated carbocycles. The van der Waals surface area contributed by atoms with E-state index < -0.39 is 25.9 Å². The number of hydrogen-bond donors (Lipinski definition) is 4. The molecule has 0 bridgehead atoms. The fourth-order valence-corrected chi connectivity index (χ4v) is 3.05. The third-order valence-corrected chi connectivity index (χ3v) is 3.67. The number of amides is 2. The number of hydrogen-bond acceptors (Lipinski definition) is 1. The Bertz CT molecular complexity index is 297. The molecule has 0 heterocycles. The molecule has 0 radical (unpaired) electrons. The van der Waals surface area contributed by atoms with Gasteiger partial charge in [-0.05, 0) is 0 Å². The van der Waals surface area contributed by atoms with Gasteiger partial charge in [-0.2, -0.15) is 0 Å². The van der Waals surface area contributed by atoms with Crippen LogP contribution in [0.15, 0.2) is 0 Å². The summed E-state index contributed by atoms with van der Waals surface area (Å²) in [5.74, 6) is 0. The van der Waals surface area contributed by atoms with Crippen LogP contribution in [0.3, 0.4) is 0 Å². The molecule has 0 spiro atoms. The maximum absolute atomic E-state index is 12.0. The molecule has 0 rings (SSSR count). The molecule has 0 aromatic carbocycles. The predicted molar refractivity (Wildman–Crippen MR) is 85.4 cm³/mol. The molecule has 2 amide bonds. The molecule has 0 aromatic heterocycles. The van der Waals surface area contributed by atoms with Gasteiger partial charge in [-0.1, -0.05) is 69.6 Å². The molecule has 11 heteroatoms. The monoisotopic (exact) mass is 408 g/mol. The fourth-order valence-electron chi connectivity index (χ4n) is 1.41. The number of urea groups is 1. The maximum atomic E-state index is 12.0. The van der Waals surface area contributed by atoms with Crippen molar-refractivity contribution in [3.8, 4) is 0 Å². The first-order chi connectivity index (χ1) is 8.76. The lowest BCUT2D eigenvalue weighted by Crippen LogP contribution is -3.15. The van der Waals surface area contributed by atoms with Gasteiger partial charge in [0.05, 0.1) is 28.2 Å². The zero-order chi connectivity index (χ0) is 16.3. The molecule has 0 aliphatic rings. The van der Waals surface area contributed by atoms with Crippen LogP contribution in [0, 0.1) is 0 Å². The van der Waals surface area contributed by atoms with Crippen LogP contribution in [0.25, 0.3) is 0 Å². The van der Waals surface area contributed by atoms with Crippen molar-refractivity contribution in [2.45, 2.75) is 19.9 Å². The number of carbonyl (C=O) groups excluding carboxylic acids is 1. The van der Waals surface area contributed by atoms with Crippen molar-refractivity contribution in [2.75, 3.05) is 28.2 Å². The van der Waals surface area contributed by atoms with Crippen LogP contribution in [0.5, 0.6) is 0 Å². The summed E-state index contributed by atoms with van der Waals surface area (Å²) in [6, 6.07) is -0.597. The van der Waals surface area contributed by atoms with Crippen molar-refractivity contribution in [2.24, 2.45) is 0 Å². The summed E-state index contributed by atoms with van der Waals surface area (Å²) in [7, 11) is 6.93. The Morgan fingerprint density at radius 3 is 1.20 bits per heavy atom. The van der Waals surface area contributed by atoms with E-state index in [2.05, 4.69) is 10.6 Å². The van der Waals surface area contributed by atoms with Gasteiger partial charge in [0.1, 0.15) is 0 Å². The number of rotatable bonds is 4. The Kier molecular flexibility index (Phi) is 8.34. The third-order valence-electron chi connectivity index (χ3n) is 2.36. The van der Waals surface area contributed by atoms with E-state index in [0.29, 0.717) is 0 Å². The fraction of sp³-hybridized carbons (Fsp3) is 0.889. The first-order valence-electron chi connectivity index (χ1n) is 5.57. The van der Waals surface area contributed by atoms with Gasteiger partial charge in [-0.15, -0.1) is 0 Å². The Hall–Kier alpha value is 0.930. The minimum absolute atomic E-state index is 0.597. The van der Waals surface area contributed by atoms with Gasteiger partial charge in [-0.3, -0.25) is 10.6 Å².